The lowest BCUT2D eigenvalue weighted by molar-refractivity contribution is 0.414. The standard InChI is InChI=1S/C15H16N4OS/c1-20-11-4-2-3-10(7-11)12-8-13(12)18-15(21)19-14-9-16-5-6-17-14/h2-7,9,12-13H,8H2,1H3,(H2,17,18,19,21)/t12-,13-/m1/s1. The van der Waals surface area contributed by atoms with Crippen LogP contribution < -0.4 is 15.4 Å². The van der Waals surface area contributed by atoms with Gasteiger partial charge >= 0.3 is 0 Å². The first-order valence-electron chi connectivity index (χ1n) is 6.74. The molecule has 1 heterocycles. The predicted octanol–water partition coefficient (Wildman–Crippen LogP) is 2.33. The first-order valence-corrected chi connectivity index (χ1v) is 7.14. The number of hydrogen-bond acceptors (Lipinski definition) is 4. The second-order valence-corrected chi connectivity index (χ2v) is 5.32. The van der Waals surface area contributed by atoms with Crippen molar-refractivity contribution in [1.29, 1.82) is 0 Å². The SMILES string of the molecule is COc1cccc([C@H]2C[C@H]2NC(=S)Nc2cnccn2)c1. The van der Waals surface area contributed by atoms with Gasteiger partial charge in [-0.2, -0.15) is 0 Å². The van der Waals surface area contributed by atoms with Crippen LogP contribution in [0.4, 0.5) is 5.82 Å². The summed E-state index contributed by atoms with van der Waals surface area (Å²) in [4.78, 5) is 8.12. The van der Waals surface area contributed by atoms with Crippen molar-refractivity contribution in [2.45, 2.75) is 18.4 Å². The van der Waals surface area contributed by atoms with Gasteiger partial charge in [-0.1, -0.05) is 12.1 Å². The van der Waals surface area contributed by atoms with Crippen molar-refractivity contribution >= 4 is 23.1 Å². The normalized spacial score (nSPS) is 19.7. The number of ether oxygens (including phenoxy) is 1. The number of aromatic nitrogens is 2. The van der Waals surface area contributed by atoms with E-state index in [1.54, 1.807) is 25.7 Å². The van der Waals surface area contributed by atoms with Gasteiger partial charge in [0.2, 0.25) is 0 Å². The third-order valence-electron chi connectivity index (χ3n) is 3.43. The number of methoxy groups -OCH3 is 1. The zero-order chi connectivity index (χ0) is 14.7. The van der Waals surface area contributed by atoms with Gasteiger partial charge in [0.15, 0.2) is 10.9 Å². The fourth-order valence-electron chi connectivity index (χ4n) is 2.28. The van der Waals surface area contributed by atoms with Crippen LogP contribution in [0, 0.1) is 0 Å². The average Bonchev–Trinajstić information content (AvgIpc) is 3.27. The zero-order valence-electron chi connectivity index (χ0n) is 11.6. The molecule has 6 heteroatoms. The Kier molecular flexibility index (Phi) is 3.96. The quantitative estimate of drug-likeness (QED) is 0.845. The summed E-state index contributed by atoms with van der Waals surface area (Å²) >= 11 is 5.29. The molecule has 2 atom stereocenters. The van der Waals surface area contributed by atoms with Crippen molar-refractivity contribution in [2.24, 2.45) is 0 Å². The predicted molar refractivity (Wildman–Crippen MR) is 85.5 cm³/mol. The number of benzene rings is 1. The number of anilines is 1. The Morgan fingerprint density at radius 3 is 3.05 bits per heavy atom. The number of hydrogen-bond donors (Lipinski definition) is 2. The van der Waals surface area contributed by atoms with Gasteiger partial charge in [0.25, 0.3) is 0 Å². The zero-order valence-corrected chi connectivity index (χ0v) is 12.4. The molecule has 1 aliphatic carbocycles. The lowest BCUT2D eigenvalue weighted by Gasteiger charge is -2.09. The van der Waals surface area contributed by atoms with Gasteiger partial charge in [-0.25, -0.2) is 4.98 Å². The first-order chi connectivity index (χ1) is 10.3. The number of nitrogens with one attached hydrogen (secondary N) is 2. The maximum absolute atomic E-state index is 5.29. The van der Waals surface area contributed by atoms with Crippen molar-refractivity contribution < 1.29 is 4.74 Å². The van der Waals surface area contributed by atoms with Crippen LogP contribution in [-0.2, 0) is 0 Å². The summed E-state index contributed by atoms with van der Waals surface area (Å²) in [6.45, 7) is 0. The Balaban J connectivity index is 1.55. The Bertz CT molecular complexity index is 635. The molecule has 0 spiro atoms. The summed E-state index contributed by atoms with van der Waals surface area (Å²) in [5.74, 6) is 2.01. The molecule has 0 bridgehead atoms. The van der Waals surface area contributed by atoms with Crippen LogP contribution in [0.1, 0.15) is 17.9 Å². The summed E-state index contributed by atoms with van der Waals surface area (Å²) in [6.07, 6.45) is 5.96. The molecule has 0 saturated heterocycles. The molecule has 21 heavy (non-hydrogen) atoms. The van der Waals surface area contributed by atoms with Gasteiger partial charge in [-0.3, -0.25) is 4.98 Å². The molecule has 0 unspecified atom stereocenters. The molecule has 1 aromatic heterocycles. The third-order valence-corrected chi connectivity index (χ3v) is 3.65. The van der Waals surface area contributed by atoms with Crippen molar-refractivity contribution in [2.75, 3.05) is 12.4 Å². The largest absolute Gasteiger partial charge is 0.497 e. The van der Waals surface area contributed by atoms with Crippen LogP contribution in [-0.4, -0.2) is 28.2 Å². The summed E-state index contributed by atoms with van der Waals surface area (Å²) in [5, 5.41) is 6.90. The number of rotatable bonds is 4. The molecule has 2 aromatic rings. The van der Waals surface area contributed by atoms with E-state index in [2.05, 4.69) is 32.7 Å². The fourth-order valence-corrected chi connectivity index (χ4v) is 2.54. The van der Waals surface area contributed by atoms with E-state index in [9.17, 15) is 0 Å². The molecule has 0 aliphatic heterocycles. The minimum Gasteiger partial charge on any atom is -0.497 e. The average molecular weight is 300 g/mol. The molecule has 5 nitrogen and oxygen atoms in total. The van der Waals surface area contributed by atoms with Crippen LogP contribution >= 0.6 is 12.2 Å². The topological polar surface area (TPSA) is 59.1 Å². The van der Waals surface area contributed by atoms with Crippen LogP contribution in [0.5, 0.6) is 5.75 Å². The van der Waals surface area contributed by atoms with Gasteiger partial charge in [-0.05, 0) is 36.3 Å². The Morgan fingerprint density at radius 1 is 1.38 bits per heavy atom. The van der Waals surface area contributed by atoms with E-state index in [1.807, 2.05) is 12.1 Å². The Hall–Kier alpha value is -2.21. The summed E-state index contributed by atoms with van der Waals surface area (Å²) < 4.78 is 5.25. The molecule has 1 aliphatic rings. The fraction of sp³-hybridized carbons (Fsp3) is 0.267. The Labute approximate surface area is 128 Å². The molecule has 0 radical (unpaired) electrons. The highest BCUT2D eigenvalue weighted by molar-refractivity contribution is 7.80. The van der Waals surface area contributed by atoms with E-state index >= 15 is 0 Å². The number of thiocarbonyl (C=S) groups is 1. The molecule has 1 saturated carbocycles. The van der Waals surface area contributed by atoms with E-state index in [4.69, 9.17) is 17.0 Å². The third kappa shape index (κ3) is 3.46. The molecular weight excluding hydrogens is 284 g/mol. The van der Waals surface area contributed by atoms with Crippen molar-refractivity contribution in [1.82, 2.24) is 15.3 Å². The summed E-state index contributed by atoms with van der Waals surface area (Å²) in [7, 11) is 1.68. The first kappa shape index (κ1) is 13.8. The molecule has 3 rings (SSSR count). The molecular formula is C15H16N4OS. The van der Waals surface area contributed by atoms with Crippen LogP contribution in [0.15, 0.2) is 42.9 Å². The van der Waals surface area contributed by atoms with E-state index in [1.165, 1.54) is 5.56 Å². The van der Waals surface area contributed by atoms with Crippen LogP contribution in [0.3, 0.4) is 0 Å². The molecule has 2 N–H and O–H groups in total. The molecule has 1 aromatic carbocycles. The summed E-state index contributed by atoms with van der Waals surface area (Å²) in [6, 6.07) is 8.52. The monoisotopic (exact) mass is 300 g/mol. The van der Waals surface area contributed by atoms with E-state index in [-0.39, 0.29) is 0 Å². The maximum atomic E-state index is 5.29. The van der Waals surface area contributed by atoms with Crippen molar-refractivity contribution in [3.63, 3.8) is 0 Å². The lowest BCUT2D eigenvalue weighted by atomic mass is 10.1. The van der Waals surface area contributed by atoms with Gasteiger partial charge in [0.05, 0.1) is 13.3 Å². The van der Waals surface area contributed by atoms with Crippen molar-refractivity contribution in [3.05, 3.63) is 48.4 Å². The van der Waals surface area contributed by atoms with Crippen molar-refractivity contribution in [3.8, 4) is 5.75 Å². The number of nitrogens with zero attached hydrogens (tertiary/aromatic N) is 2. The summed E-state index contributed by atoms with van der Waals surface area (Å²) in [5.41, 5.74) is 1.27. The highest BCUT2D eigenvalue weighted by Crippen LogP contribution is 2.41. The lowest BCUT2D eigenvalue weighted by Crippen LogP contribution is -2.31. The van der Waals surface area contributed by atoms with E-state index < -0.39 is 0 Å². The second kappa shape index (κ2) is 6.05. The van der Waals surface area contributed by atoms with Crippen LogP contribution in [0.25, 0.3) is 0 Å². The highest BCUT2D eigenvalue weighted by atomic mass is 32.1. The van der Waals surface area contributed by atoms with E-state index in [0.717, 1.165) is 12.2 Å². The molecule has 0 amide bonds. The second-order valence-electron chi connectivity index (χ2n) is 4.91. The maximum Gasteiger partial charge on any atom is 0.172 e. The highest BCUT2D eigenvalue weighted by Gasteiger charge is 2.39. The van der Waals surface area contributed by atoms with E-state index in [0.29, 0.717) is 22.9 Å². The van der Waals surface area contributed by atoms with Gasteiger partial charge in [-0.15, -0.1) is 0 Å². The Morgan fingerprint density at radius 2 is 2.29 bits per heavy atom. The molecule has 108 valence electrons. The van der Waals surface area contributed by atoms with Gasteiger partial charge in [0.1, 0.15) is 5.75 Å². The van der Waals surface area contributed by atoms with Crippen LogP contribution in [0.2, 0.25) is 0 Å². The molecule has 1 fully saturated rings. The van der Waals surface area contributed by atoms with Gasteiger partial charge in [0, 0.05) is 24.4 Å². The minimum atomic E-state index is 0.355. The minimum absolute atomic E-state index is 0.355. The smallest absolute Gasteiger partial charge is 0.172 e. The van der Waals surface area contributed by atoms with Gasteiger partial charge < -0.3 is 15.4 Å².